The molecule has 10 heteroatoms. The number of nitrogens with zero attached hydrogens (tertiary/aromatic N) is 4. The van der Waals surface area contributed by atoms with Crippen LogP contribution in [0.4, 0.5) is 11.4 Å². The van der Waals surface area contributed by atoms with E-state index >= 15 is 0 Å². The Kier molecular flexibility index (Phi) is 5.40. The number of hydrogen-bond donors (Lipinski definition) is 1. The van der Waals surface area contributed by atoms with E-state index in [-0.39, 0.29) is 23.2 Å². The number of aromatic nitrogens is 1. The second-order valence-electron chi connectivity index (χ2n) is 10.2. The van der Waals surface area contributed by atoms with Crippen LogP contribution in [0.2, 0.25) is 0 Å². The van der Waals surface area contributed by atoms with Crippen molar-refractivity contribution >= 4 is 35.3 Å². The maximum atomic E-state index is 14.3. The van der Waals surface area contributed by atoms with E-state index in [4.69, 9.17) is 0 Å². The number of rotatable bonds is 5. The van der Waals surface area contributed by atoms with E-state index in [0.29, 0.717) is 5.56 Å². The predicted molar refractivity (Wildman–Crippen MR) is 148 cm³/mol. The number of imide groups is 1. The number of hydrazone groups is 1. The molecular weight excluding hydrogens is 522 g/mol. The maximum Gasteiger partial charge on any atom is 0.271 e. The van der Waals surface area contributed by atoms with Gasteiger partial charge >= 0.3 is 0 Å². The first-order valence-corrected chi connectivity index (χ1v) is 13.0. The average molecular weight is 544 g/mol. The van der Waals surface area contributed by atoms with Crippen molar-refractivity contribution in [1.82, 2.24) is 10.4 Å². The van der Waals surface area contributed by atoms with Gasteiger partial charge in [-0.2, -0.15) is 5.10 Å². The SMILES string of the molecule is O=C(N/N=C\C12c3ccccc3C(c3ccccc31)[C@H]1C(=O)N(c3ccc([N+](=O)[O-])cc3)C(=O)[C@@H]12)c1ccncc1. The van der Waals surface area contributed by atoms with Crippen LogP contribution >= 0.6 is 0 Å². The van der Waals surface area contributed by atoms with Gasteiger partial charge in [0.1, 0.15) is 0 Å². The summed E-state index contributed by atoms with van der Waals surface area (Å²) in [5.74, 6) is -3.18. The molecule has 1 aromatic heterocycles. The smallest absolute Gasteiger partial charge is 0.271 e. The van der Waals surface area contributed by atoms with E-state index in [1.807, 2.05) is 48.5 Å². The molecular formula is C31H21N5O5. The molecule has 3 amide bonds. The topological polar surface area (TPSA) is 135 Å². The summed E-state index contributed by atoms with van der Waals surface area (Å²) in [6.45, 7) is 0. The van der Waals surface area contributed by atoms with Crippen LogP contribution in [-0.4, -0.2) is 33.8 Å². The number of pyridine rings is 1. The standard InChI is InChI=1S/C31H21N5O5/c37-28(18-13-15-32-16-14-18)34-33-17-31-23-7-3-1-5-21(23)25(22-6-2-4-8-24(22)31)26-27(31)30(39)35(29(26)38)19-9-11-20(12-10-19)36(40)41/h1-17,25-27H,(H,34,37)/b33-17-/t25?,26-,27-,31?/m1/s1. The molecule has 2 bridgehead atoms. The van der Waals surface area contributed by atoms with E-state index in [1.165, 1.54) is 36.7 Å². The number of hydrogen-bond acceptors (Lipinski definition) is 7. The molecule has 0 radical (unpaired) electrons. The fourth-order valence-electron chi connectivity index (χ4n) is 6.79. The Morgan fingerprint density at radius 2 is 1.51 bits per heavy atom. The highest BCUT2D eigenvalue weighted by Crippen LogP contribution is 2.63. The Hall–Kier alpha value is -5.51. The van der Waals surface area contributed by atoms with Gasteiger partial charge in [-0.3, -0.25) is 29.5 Å². The van der Waals surface area contributed by atoms with Gasteiger partial charge in [0.2, 0.25) is 11.8 Å². The van der Waals surface area contributed by atoms with Crippen LogP contribution in [0.25, 0.3) is 0 Å². The lowest BCUT2D eigenvalue weighted by atomic mass is 9.47. The molecule has 0 unspecified atom stereocenters. The van der Waals surface area contributed by atoms with Gasteiger partial charge in [0.25, 0.3) is 11.6 Å². The predicted octanol–water partition coefficient (Wildman–Crippen LogP) is 3.96. The average Bonchev–Trinajstić information content (AvgIpc) is 3.28. The maximum absolute atomic E-state index is 14.3. The molecule has 8 rings (SSSR count). The van der Waals surface area contributed by atoms with E-state index in [2.05, 4.69) is 15.5 Å². The van der Waals surface area contributed by atoms with E-state index in [9.17, 15) is 24.5 Å². The minimum absolute atomic E-state index is 0.140. The molecule has 3 aromatic carbocycles. The summed E-state index contributed by atoms with van der Waals surface area (Å²) < 4.78 is 0. The Morgan fingerprint density at radius 3 is 2.12 bits per heavy atom. The second kappa shape index (κ2) is 9.02. The third-order valence-corrected chi connectivity index (χ3v) is 8.38. The number of nitrogens with one attached hydrogen (secondary N) is 1. The summed E-state index contributed by atoms with van der Waals surface area (Å²) in [4.78, 5) is 57.0. The highest BCUT2D eigenvalue weighted by Gasteiger charge is 2.68. The van der Waals surface area contributed by atoms with Crippen LogP contribution in [0.1, 0.15) is 38.5 Å². The van der Waals surface area contributed by atoms with Crippen molar-refractivity contribution in [3.05, 3.63) is 135 Å². The van der Waals surface area contributed by atoms with Crippen molar-refractivity contribution < 1.29 is 19.3 Å². The summed E-state index contributed by atoms with van der Waals surface area (Å²) in [7, 11) is 0. The number of carbonyl (C=O) groups excluding carboxylic acids is 3. The van der Waals surface area contributed by atoms with E-state index in [1.54, 1.807) is 18.3 Å². The minimum Gasteiger partial charge on any atom is -0.274 e. The van der Waals surface area contributed by atoms with Crippen LogP contribution in [-0.2, 0) is 15.0 Å². The number of nitro groups is 1. The van der Waals surface area contributed by atoms with Crippen LogP contribution in [0.5, 0.6) is 0 Å². The Morgan fingerprint density at radius 1 is 0.902 bits per heavy atom. The van der Waals surface area contributed by atoms with Gasteiger partial charge in [0, 0.05) is 42.2 Å². The monoisotopic (exact) mass is 543 g/mol. The molecule has 1 N–H and O–H groups in total. The molecule has 1 aliphatic heterocycles. The molecule has 3 aliphatic carbocycles. The molecule has 0 spiro atoms. The Labute approximate surface area is 233 Å². The van der Waals surface area contributed by atoms with E-state index < -0.39 is 34.0 Å². The summed E-state index contributed by atoms with van der Waals surface area (Å²) in [6.07, 6.45) is 4.60. The summed E-state index contributed by atoms with van der Waals surface area (Å²) in [6, 6.07) is 23.9. The van der Waals surface area contributed by atoms with Gasteiger partial charge < -0.3 is 0 Å². The molecule has 10 nitrogen and oxygen atoms in total. The molecule has 1 saturated heterocycles. The first-order chi connectivity index (χ1) is 19.9. The van der Waals surface area contributed by atoms with E-state index in [0.717, 1.165) is 27.2 Å². The zero-order valence-corrected chi connectivity index (χ0v) is 21.4. The highest BCUT2D eigenvalue weighted by molar-refractivity contribution is 6.25. The largest absolute Gasteiger partial charge is 0.274 e. The normalized spacial score (nSPS) is 23.7. The number of amides is 3. The van der Waals surface area contributed by atoms with Crippen LogP contribution in [0.15, 0.2) is 102 Å². The van der Waals surface area contributed by atoms with Gasteiger partial charge in [0.05, 0.1) is 27.9 Å². The molecule has 0 saturated carbocycles. The summed E-state index contributed by atoms with van der Waals surface area (Å²) in [5.41, 5.74) is 5.46. The van der Waals surface area contributed by atoms with Gasteiger partial charge in [-0.1, -0.05) is 48.5 Å². The fraction of sp³-hybridized carbons (Fsp3) is 0.129. The third kappa shape index (κ3) is 3.40. The number of carbonyl (C=O) groups is 3. The molecule has 200 valence electrons. The summed E-state index contributed by atoms with van der Waals surface area (Å²) in [5, 5.41) is 15.6. The molecule has 2 atom stereocenters. The molecule has 4 aliphatic rings. The molecule has 2 heterocycles. The first kappa shape index (κ1) is 24.5. The molecule has 1 fully saturated rings. The lowest BCUT2D eigenvalue weighted by Crippen LogP contribution is -2.54. The van der Waals surface area contributed by atoms with Gasteiger partial charge in [-0.05, 0) is 46.5 Å². The zero-order valence-electron chi connectivity index (χ0n) is 21.4. The van der Waals surface area contributed by atoms with Crippen molar-refractivity contribution in [1.29, 1.82) is 0 Å². The van der Waals surface area contributed by atoms with Crippen molar-refractivity contribution in [3.63, 3.8) is 0 Å². The van der Waals surface area contributed by atoms with Crippen molar-refractivity contribution in [2.45, 2.75) is 11.3 Å². The van der Waals surface area contributed by atoms with Crippen LogP contribution in [0, 0.1) is 22.0 Å². The quantitative estimate of drug-likeness (QED) is 0.175. The lowest BCUT2D eigenvalue weighted by molar-refractivity contribution is -0.384. The third-order valence-electron chi connectivity index (χ3n) is 8.38. The van der Waals surface area contributed by atoms with Crippen LogP contribution < -0.4 is 10.3 Å². The summed E-state index contributed by atoms with van der Waals surface area (Å²) >= 11 is 0. The van der Waals surface area contributed by atoms with Crippen molar-refractivity contribution in [2.75, 3.05) is 4.90 Å². The van der Waals surface area contributed by atoms with Gasteiger partial charge in [-0.15, -0.1) is 0 Å². The van der Waals surface area contributed by atoms with Gasteiger partial charge in [-0.25, -0.2) is 10.3 Å². The van der Waals surface area contributed by atoms with Crippen LogP contribution in [0.3, 0.4) is 0 Å². The van der Waals surface area contributed by atoms with Gasteiger partial charge in [0.15, 0.2) is 0 Å². The number of non-ortho nitro benzene ring substituents is 1. The highest BCUT2D eigenvalue weighted by atomic mass is 16.6. The number of anilines is 1. The number of nitro benzene ring substituents is 1. The first-order valence-electron chi connectivity index (χ1n) is 13.0. The Bertz CT molecular complexity index is 1740. The fourth-order valence-corrected chi connectivity index (χ4v) is 6.79. The lowest BCUT2D eigenvalue weighted by Gasteiger charge is -2.52. The molecule has 4 aromatic rings. The minimum atomic E-state index is -1.15. The zero-order chi connectivity index (χ0) is 28.3. The number of benzene rings is 3. The molecule has 41 heavy (non-hydrogen) atoms. The second-order valence-corrected chi connectivity index (χ2v) is 10.2. The Balaban J connectivity index is 1.39. The van der Waals surface area contributed by atoms with Crippen molar-refractivity contribution in [2.24, 2.45) is 16.9 Å². The van der Waals surface area contributed by atoms with Crippen molar-refractivity contribution in [3.8, 4) is 0 Å².